The molecule has 7 heteroatoms. The van der Waals surface area contributed by atoms with Crippen molar-refractivity contribution in [3.8, 4) is 0 Å². The van der Waals surface area contributed by atoms with Crippen LogP contribution in [0, 0.1) is 11.7 Å². The van der Waals surface area contributed by atoms with Gasteiger partial charge >= 0.3 is 6.03 Å². The lowest BCUT2D eigenvalue weighted by molar-refractivity contribution is -0.173. The molecule has 3 fully saturated rings. The molecule has 118 valence electrons. The predicted octanol–water partition coefficient (Wildman–Crippen LogP) is 2.03. The Bertz CT molecular complexity index is 620. The van der Waals surface area contributed by atoms with E-state index in [0.717, 1.165) is 19.3 Å². The van der Waals surface area contributed by atoms with Crippen LogP contribution in [0.3, 0.4) is 0 Å². The molecule has 0 saturated heterocycles. The Balaban J connectivity index is 1.78. The van der Waals surface area contributed by atoms with Crippen molar-refractivity contribution in [1.29, 1.82) is 0 Å². The van der Waals surface area contributed by atoms with E-state index in [4.69, 9.17) is 17.3 Å². The zero-order valence-electron chi connectivity index (χ0n) is 11.9. The first kappa shape index (κ1) is 15.1. The third-order valence-corrected chi connectivity index (χ3v) is 4.95. The average molecular weight is 326 g/mol. The van der Waals surface area contributed by atoms with E-state index < -0.39 is 11.8 Å². The van der Waals surface area contributed by atoms with Gasteiger partial charge in [0.05, 0.1) is 11.6 Å². The van der Waals surface area contributed by atoms with E-state index >= 15 is 0 Å². The SMILES string of the molecule is NC(=O)NCC(=O)N(Cc1cccc(Cl)c1F)C12CC(C1)C2. The molecule has 0 aromatic heterocycles. The Labute approximate surface area is 132 Å². The fourth-order valence-corrected chi connectivity index (χ4v) is 3.58. The average Bonchev–Trinajstić information content (AvgIpc) is 2.36. The van der Waals surface area contributed by atoms with E-state index in [9.17, 15) is 14.0 Å². The van der Waals surface area contributed by atoms with Crippen molar-refractivity contribution in [2.45, 2.75) is 31.3 Å². The van der Waals surface area contributed by atoms with E-state index in [1.807, 2.05) is 0 Å². The van der Waals surface area contributed by atoms with Gasteiger partial charge in [-0.05, 0) is 31.2 Å². The Hall–Kier alpha value is -1.82. The second kappa shape index (κ2) is 5.43. The summed E-state index contributed by atoms with van der Waals surface area (Å²) in [6.45, 7) is -0.0255. The highest BCUT2D eigenvalue weighted by Gasteiger charge is 2.61. The van der Waals surface area contributed by atoms with Crippen molar-refractivity contribution in [2.75, 3.05) is 6.54 Å². The van der Waals surface area contributed by atoms with Crippen LogP contribution >= 0.6 is 11.6 Å². The second-order valence-electron chi connectivity index (χ2n) is 6.11. The van der Waals surface area contributed by atoms with E-state index in [1.165, 1.54) is 6.07 Å². The molecule has 0 heterocycles. The molecule has 0 atom stereocenters. The summed E-state index contributed by atoms with van der Waals surface area (Å²) in [6, 6.07) is 4.00. The number of halogens is 2. The highest BCUT2D eigenvalue weighted by atomic mass is 35.5. The minimum Gasteiger partial charge on any atom is -0.352 e. The quantitative estimate of drug-likeness (QED) is 0.869. The number of carbonyl (C=O) groups excluding carboxylic acids is 2. The topological polar surface area (TPSA) is 75.4 Å². The fourth-order valence-electron chi connectivity index (χ4n) is 3.38. The largest absolute Gasteiger partial charge is 0.352 e. The maximum Gasteiger partial charge on any atom is 0.312 e. The molecule has 2 bridgehead atoms. The fraction of sp³-hybridized carbons (Fsp3) is 0.467. The molecule has 0 radical (unpaired) electrons. The van der Waals surface area contributed by atoms with Gasteiger partial charge in [0, 0.05) is 17.6 Å². The lowest BCUT2D eigenvalue weighted by atomic mass is 9.49. The van der Waals surface area contributed by atoms with Gasteiger partial charge in [-0.3, -0.25) is 4.79 Å². The molecule has 3 saturated carbocycles. The van der Waals surface area contributed by atoms with Crippen molar-refractivity contribution in [3.05, 3.63) is 34.6 Å². The molecule has 1 aromatic carbocycles. The van der Waals surface area contributed by atoms with Gasteiger partial charge in [0.2, 0.25) is 5.91 Å². The molecule has 0 unspecified atom stereocenters. The first-order valence-corrected chi connectivity index (χ1v) is 7.56. The number of hydrogen-bond donors (Lipinski definition) is 2. The molecule has 4 rings (SSSR count). The number of nitrogens with zero attached hydrogens (tertiary/aromatic N) is 1. The highest BCUT2D eigenvalue weighted by molar-refractivity contribution is 6.30. The molecule has 5 nitrogen and oxygen atoms in total. The number of primary amides is 1. The zero-order chi connectivity index (χ0) is 15.9. The molecule has 3 aliphatic rings. The normalized spacial score (nSPS) is 24.9. The van der Waals surface area contributed by atoms with Gasteiger partial charge in [-0.25, -0.2) is 9.18 Å². The highest BCUT2D eigenvalue weighted by Crippen LogP contribution is 2.60. The van der Waals surface area contributed by atoms with Crippen LogP contribution in [0.2, 0.25) is 5.02 Å². The maximum atomic E-state index is 14.1. The van der Waals surface area contributed by atoms with Gasteiger partial charge in [-0.1, -0.05) is 23.7 Å². The predicted molar refractivity (Wildman–Crippen MR) is 79.6 cm³/mol. The van der Waals surface area contributed by atoms with Crippen LogP contribution in [0.25, 0.3) is 0 Å². The third-order valence-electron chi connectivity index (χ3n) is 4.65. The van der Waals surface area contributed by atoms with Crippen LogP contribution in [0.5, 0.6) is 0 Å². The molecule has 0 spiro atoms. The number of hydrogen-bond acceptors (Lipinski definition) is 2. The van der Waals surface area contributed by atoms with Gasteiger partial charge in [0.15, 0.2) is 0 Å². The van der Waals surface area contributed by atoms with Gasteiger partial charge in [0.25, 0.3) is 0 Å². The van der Waals surface area contributed by atoms with Crippen LogP contribution in [-0.4, -0.2) is 28.9 Å². The summed E-state index contributed by atoms with van der Waals surface area (Å²) >= 11 is 5.80. The summed E-state index contributed by atoms with van der Waals surface area (Å²) in [7, 11) is 0. The standard InChI is InChI=1S/C15H17ClFN3O2/c16-11-3-1-2-10(13(11)17)8-20(12(21)7-19-14(18)22)15-4-9(5-15)6-15/h1-3,9H,4-8H2,(H3,18,19,22). The Morgan fingerprint density at radius 1 is 1.41 bits per heavy atom. The number of nitrogens with one attached hydrogen (secondary N) is 1. The van der Waals surface area contributed by atoms with Crippen molar-refractivity contribution >= 4 is 23.5 Å². The van der Waals surface area contributed by atoms with Crippen molar-refractivity contribution in [3.63, 3.8) is 0 Å². The number of amides is 3. The summed E-state index contributed by atoms with van der Waals surface area (Å²) < 4.78 is 14.1. The number of carbonyl (C=O) groups is 2. The smallest absolute Gasteiger partial charge is 0.312 e. The van der Waals surface area contributed by atoms with E-state index in [-0.39, 0.29) is 29.6 Å². The van der Waals surface area contributed by atoms with Gasteiger partial charge in [-0.15, -0.1) is 0 Å². The molecule has 3 aliphatic carbocycles. The minimum atomic E-state index is -0.750. The number of urea groups is 1. The van der Waals surface area contributed by atoms with Crippen LogP contribution in [0.4, 0.5) is 9.18 Å². The maximum absolute atomic E-state index is 14.1. The van der Waals surface area contributed by atoms with Crippen LogP contribution in [0.15, 0.2) is 18.2 Å². The molecule has 3 amide bonds. The lowest BCUT2D eigenvalue weighted by Crippen LogP contribution is -2.70. The first-order valence-electron chi connectivity index (χ1n) is 7.18. The van der Waals surface area contributed by atoms with Crippen molar-refractivity contribution < 1.29 is 14.0 Å². The van der Waals surface area contributed by atoms with Gasteiger partial charge < -0.3 is 16.0 Å². The minimum absolute atomic E-state index is 0.0396. The van der Waals surface area contributed by atoms with E-state index in [1.54, 1.807) is 17.0 Å². The summed E-state index contributed by atoms with van der Waals surface area (Å²) in [5, 5.41) is 2.34. The third kappa shape index (κ3) is 2.52. The number of nitrogens with two attached hydrogens (primary N) is 1. The molecule has 0 aliphatic heterocycles. The monoisotopic (exact) mass is 325 g/mol. The Morgan fingerprint density at radius 2 is 2.09 bits per heavy atom. The van der Waals surface area contributed by atoms with Gasteiger partial charge in [0.1, 0.15) is 5.82 Å². The summed E-state index contributed by atoms with van der Waals surface area (Å²) in [5.41, 5.74) is 5.20. The second-order valence-corrected chi connectivity index (χ2v) is 6.52. The Kier molecular flexibility index (Phi) is 3.72. The van der Waals surface area contributed by atoms with Crippen molar-refractivity contribution in [2.24, 2.45) is 11.7 Å². The van der Waals surface area contributed by atoms with E-state index in [0.29, 0.717) is 11.5 Å². The Morgan fingerprint density at radius 3 is 2.64 bits per heavy atom. The molecule has 1 aromatic rings. The summed E-state index contributed by atoms with van der Waals surface area (Å²) in [5.74, 6) is -0.0867. The molecular formula is C15H17ClFN3O2. The summed E-state index contributed by atoms with van der Waals surface area (Å²) in [4.78, 5) is 24.9. The van der Waals surface area contributed by atoms with Crippen LogP contribution in [0.1, 0.15) is 24.8 Å². The molecule has 3 N–H and O–H groups in total. The summed E-state index contributed by atoms with van der Waals surface area (Å²) in [6.07, 6.45) is 2.83. The van der Waals surface area contributed by atoms with Crippen molar-refractivity contribution in [1.82, 2.24) is 10.2 Å². The number of benzene rings is 1. The number of rotatable bonds is 5. The van der Waals surface area contributed by atoms with Gasteiger partial charge in [-0.2, -0.15) is 0 Å². The van der Waals surface area contributed by atoms with E-state index in [2.05, 4.69) is 5.32 Å². The molecular weight excluding hydrogens is 309 g/mol. The molecule has 22 heavy (non-hydrogen) atoms. The van der Waals surface area contributed by atoms with Crippen LogP contribution < -0.4 is 11.1 Å². The van der Waals surface area contributed by atoms with Crippen LogP contribution in [-0.2, 0) is 11.3 Å². The first-order chi connectivity index (χ1) is 10.4. The lowest BCUT2D eigenvalue weighted by Gasteiger charge is -2.66. The zero-order valence-corrected chi connectivity index (χ0v) is 12.7.